The lowest BCUT2D eigenvalue weighted by atomic mass is 10.1. The summed E-state index contributed by atoms with van der Waals surface area (Å²) in [6.45, 7) is 2.64. The quantitative estimate of drug-likeness (QED) is 0.401. The van der Waals surface area contributed by atoms with Crippen LogP contribution in [0, 0.1) is 11.7 Å². The fourth-order valence-electron chi connectivity index (χ4n) is 5.56. The summed E-state index contributed by atoms with van der Waals surface area (Å²) < 4.78 is 41.9. The van der Waals surface area contributed by atoms with Gasteiger partial charge >= 0.3 is 0 Å². The van der Waals surface area contributed by atoms with Crippen molar-refractivity contribution in [2.24, 2.45) is 5.92 Å². The number of rotatable bonds is 8. The summed E-state index contributed by atoms with van der Waals surface area (Å²) in [5.41, 5.74) is 1.98. The Morgan fingerprint density at radius 3 is 2.32 bits per heavy atom. The monoisotopic (exact) mass is 578 g/mol. The van der Waals surface area contributed by atoms with Crippen molar-refractivity contribution in [2.75, 3.05) is 35.8 Å². The standard InChI is InChI=1S/C31H35FN4O4S/c32-25-13-11-23(12-14-25)22-33-30(37)28-21-26(34-41(39,40)27-9-2-1-3-10-27)15-16-29(28)35-17-6-18-36(20-19-35)31(38)24-7-4-5-8-24/h1-3,9-16,21,24,34H,4-8,17-20,22H2,(H,33,37). The summed E-state index contributed by atoms with van der Waals surface area (Å²) in [6, 6.07) is 18.9. The average molecular weight is 579 g/mol. The summed E-state index contributed by atoms with van der Waals surface area (Å²) in [5, 5.41) is 2.89. The summed E-state index contributed by atoms with van der Waals surface area (Å²) >= 11 is 0. The number of halogens is 1. The SMILES string of the molecule is O=C(NCc1ccc(F)cc1)c1cc(NS(=O)(=O)c2ccccc2)ccc1N1CCCN(C(=O)C2CCCC2)CC1. The van der Waals surface area contributed by atoms with Crippen molar-refractivity contribution >= 4 is 33.2 Å². The molecule has 41 heavy (non-hydrogen) atoms. The van der Waals surface area contributed by atoms with Gasteiger partial charge in [0.2, 0.25) is 5.91 Å². The Morgan fingerprint density at radius 2 is 1.59 bits per heavy atom. The maximum atomic E-state index is 13.5. The number of anilines is 2. The van der Waals surface area contributed by atoms with Crippen molar-refractivity contribution in [3.8, 4) is 0 Å². The molecule has 2 aliphatic rings. The Kier molecular flexibility index (Phi) is 8.87. The third kappa shape index (κ3) is 7.05. The molecule has 1 saturated heterocycles. The number of hydrogen-bond acceptors (Lipinski definition) is 5. The van der Waals surface area contributed by atoms with Gasteiger partial charge in [0.25, 0.3) is 15.9 Å². The molecular weight excluding hydrogens is 543 g/mol. The first-order valence-electron chi connectivity index (χ1n) is 14.1. The molecule has 3 aromatic rings. The molecule has 0 unspecified atom stereocenters. The molecule has 0 aromatic heterocycles. The van der Waals surface area contributed by atoms with Crippen LogP contribution in [-0.2, 0) is 21.4 Å². The van der Waals surface area contributed by atoms with Crippen molar-refractivity contribution in [3.05, 3.63) is 89.7 Å². The fraction of sp³-hybridized carbons (Fsp3) is 0.355. The van der Waals surface area contributed by atoms with Crippen LogP contribution in [0.25, 0.3) is 0 Å². The predicted octanol–water partition coefficient (Wildman–Crippen LogP) is 4.79. The Bertz CT molecular complexity index is 1480. The van der Waals surface area contributed by atoms with Crippen molar-refractivity contribution in [1.29, 1.82) is 0 Å². The average Bonchev–Trinajstić information content (AvgIpc) is 3.42. The second kappa shape index (κ2) is 12.7. The zero-order valence-corrected chi connectivity index (χ0v) is 23.7. The van der Waals surface area contributed by atoms with E-state index < -0.39 is 10.0 Å². The van der Waals surface area contributed by atoms with Crippen molar-refractivity contribution in [3.63, 3.8) is 0 Å². The van der Waals surface area contributed by atoms with Gasteiger partial charge in [-0.2, -0.15) is 0 Å². The molecule has 1 heterocycles. The lowest BCUT2D eigenvalue weighted by Gasteiger charge is -2.27. The van der Waals surface area contributed by atoms with Gasteiger partial charge in [-0.15, -0.1) is 0 Å². The molecular formula is C31H35FN4O4S. The second-order valence-electron chi connectivity index (χ2n) is 10.6. The Hall–Kier alpha value is -3.92. The normalized spacial score (nSPS) is 16.3. The van der Waals surface area contributed by atoms with Crippen LogP contribution < -0.4 is 14.9 Å². The number of amides is 2. The number of nitrogens with zero attached hydrogens (tertiary/aromatic N) is 2. The molecule has 8 nitrogen and oxygen atoms in total. The Labute approximate surface area is 240 Å². The van der Waals surface area contributed by atoms with Crippen LogP contribution in [0.1, 0.15) is 48.0 Å². The maximum Gasteiger partial charge on any atom is 0.261 e. The van der Waals surface area contributed by atoms with Crippen molar-refractivity contribution in [1.82, 2.24) is 10.2 Å². The van der Waals surface area contributed by atoms with E-state index in [0.717, 1.165) is 37.7 Å². The van der Waals surface area contributed by atoms with Crippen LogP contribution in [0.5, 0.6) is 0 Å². The molecule has 1 saturated carbocycles. The van der Waals surface area contributed by atoms with E-state index in [4.69, 9.17) is 0 Å². The van der Waals surface area contributed by atoms with Crippen LogP contribution in [0.15, 0.2) is 77.7 Å². The van der Waals surface area contributed by atoms with Gasteiger partial charge in [0.15, 0.2) is 0 Å². The summed E-state index contributed by atoms with van der Waals surface area (Å²) in [4.78, 5) is 30.7. The number of sulfonamides is 1. The lowest BCUT2D eigenvalue weighted by Crippen LogP contribution is -2.38. The van der Waals surface area contributed by atoms with Crippen LogP contribution in [0.2, 0.25) is 0 Å². The molecule has 10 heteroatoms. The molecule has 0 radical (unpaired) electrons. The van der Waals surface area contributed by atoms with E-state index in [2.05, 4.69) is 14.9 Å². The molecule has 2 N–H and O–H groups in total. The number of benzene rings is 3. The first-order chi connectivity index (χ1) is 19.8. The minimum Gasteiger partial charge on any atom is -0.369 e. The number of carbonyl (C=O) groups excluding carboxylic acids is 2. The zero-order chi connectivity index (χ0) is 28.8. The van der Waals surface area contributed by atoms with Crippen LogP contribution in [-0.4, -0.2) is 51.3 Å². The van der Waals surface area contributed by atoms with Crippen molar-refractivity contribution < 1.29 is 22.4 Å². The van der Waals surface area contributed by atoms with E-state index in [1.54, 1.807) is 48.5 Å². The Morgan fingerprint density at radius 1 is 0.854 bits per heavy atom. The fourth-order valence-corrected chi connectivity index (χ4v) is 6.63. The smallest absolute Gasteiger partial charge is 0.261 e. The van der Waals surface area contributed by atoms with E-state index in [-0.39, 0.29) is 40.7 Å². The largest absolute Gasteiger partial charge is 0.369 e. The third-order valence-electron chi connectivity index (χ3n) is 7.77. The lowest BCUT2D eigenvalue weighted by molar-refractivity contribution is -0.135. The molecule has 0 bridgehead atoms. The van der Waals surface area contributed by atoms with E-state index in [1.165, 1.54) is 24.3 Å². The third-order valence-corrected chi connectivity index (χ3v) is 9.16. The molecule has 3 aromatic carbocycles. The number of carbonyl (C=O) groups is 2. The van der Waals surface area contributed by atoms with Gasteiger partial charge in [-0.1, -0.05) is 43.2 Å². The van der Waals surface area contributed by atoms with Gasteiger partial charge in [-0.3, -0.25) is 14.3 Å². The van der Waals surface area contributed by atoms with Gasteiger partial charge in [0, 0.05) is 50.0 Å². The van der Waals surface area contributed by atoms with E-state index in [9.17, 15) is 22.4 Å². The second-order valence-corrected chi connectivity index (χ2v) is 12.3. The van der Waals surface area contributed by atoms with Crippen LogP contribution >= 0.6 is 0 Å². The van der Waals surface area contributed by atoms with Gasteiger partial charge in [-0.05, 0) is 67.3 Å². The van der Waals surface area contributed by atoms with Gasteiger partial charge in [-0.25, -0.2) is 12.8 Å². The van der Waals surface area contributed by atoms with Gasteiger partial charge < -0.3 is 15.1 Å². The summed E-state index contributed by atoms with van der Waals surface area (Å²) in [7, 11) is -3.86. The zero-order valence-electron chi connectivity index (χ0n) is 22.9. The van der Waals surface area contributed by atoms with Crippen LogP contribution in [0.3, 0.4) is 0 Å². The molecule has 0 atom stereocenters. The molecule has 1 aliphatic heterocycles. The van der Waals surface area contributed by atoms with Crippen molar-refractivity contribution in [2.45, 2.75) is 43.5 Å². The number of nitrogens with one attached hydrogen (secondary N) is 2. The highest BCUT2D eigenvalue weighted by Gasteiger charge is 2.29. The highest BCUT2D eigenvalue weighted by molar-refractivity contribution is 7.92. The minimum atomic E-state index is -3.86. The molecule has 1 aliphatic carbocycles. The van der Waals surface area contributed by atoms with Gasteiger partial charge in [0.05, 0.1) is 10.5 Å². The first-order valence-corrected chi connectivity index (χ1v) is 15.6. The Balaban J connectivity index is 1.38. The maximum absolute atomic E-state index is 13.5. The van der Waals surface area contributed by atoms with E-state index in [1.807, 2.05) is 4.90 Å². The molecule has 216 valence electrons. The topological polar surface area (TPSA) is 98.8 Å². The molecule has 0 spiro atoms. The minimum absolute atomic E-state index is 0.117. The predicted molar refractivity (Wildman–Crippen MR) is 157 cm³/mol. The molecule has 2 amide bonds. The summed E-state index contributed by atoms with van der Waals surface area (Å²) in [5.74, 6) is -0.394. The highest BCUT2D eigenvalue weighted by Crippen LogP contribution is 2.29. The summed E-state index contributed by atoms with van der Waals surface area (Å²) in [6.07, 6.45) is 4.88. The first kappa shape index (κ1) is 28.6. The molecule has 5 rings (SSSR count). The number of hydrogen-bond donors (Lipinski definition) is 2. The van der Waals surface area contributed by atoms with E-state index >= 15 is 0 Å². The van der Waals surface area contributed by atoms with Gasteiger partial charge in [0.1, 0.15) is 5.82 Å². The molecule has 2 fully saturated rings. The van der Waals surface area contributed by atoms with E-state index in [0.29, 0.717) is 37.4 Å². The van der Waals surface area contributed by atoms with Crippen LogP contribution in [0.4, 0.5) is 15.8 Å². The highest BCUT2D eigenvalue weighted by atomic mass is 32.2.